The lowest BCUT2D eigenvalue weighted by Gasteiger charge is -2.13. The molecule has 0 aliphatic heterocycles. The molecular weight excluding hydrogens is 346 g/mol. The van der Waals surface area contributed by atoms with Gasteiger partial charge < -0.3 is 15.5 Å². The monoisotopic (exact) mass is 365 g/mol. The molecule has 0 spiro atoms. The molecule has 0 saturated heterocycles. The predicted molar refractivity (Wildman–Crippen MR) is 98.5 cm³/mol. The summed E-state index contributed by atoms with van der Waals surface area (Å²) in [6, 6.07) is 3.69. The van der Waals surface area contributed by atoms with Crippen molar-refractivity contribution < 1.29 is 9.59 Å². The maximum absolute atomic E-state index is 11.8. The Hall–Kier alpha value is -3.54. The summed E-state index contributed by atoms with van der Waals surface area (Å²) in [5.41, 5.74) is 1.81. The molecule has 2 aromatic heterocycles. The first-order chi connectivity index (χ1) is 13.0. The van der Waals surface area contributed by atoms with Crippen LogP contribution in [0.15, 0.2) is 24.7 Å². The second kappa shape index (κ2) is 7.78. The standard InChI is InChI=1S/C18H19N7O2/c1-25(2)17(26)10-22-13-5-12(7-20-14(13)6-19)15-8-23-16(9-21-15)24-18(27)11-3-4-11/h5,7-9,11,22H,3-4,10H2,1-2H3,(H,23,24,27). The Kier molecular flexibility index (Phi) is 5.26. The Morgan fingerprint density at radius 3 is 2.59 bits per heavy atom. The minimum atomic E-state index is -0.125. The van der Waals surface area contributed by atoms with Crippen LogP contribution in [0.4, 0.5) is 11.5 Å². The molecule has 0 unspecified atom stereocenters. The summed E-state index contributed by atoms with van der Waals surface area (Å²) in [4.78, 5) is 37.6. The van der Waals surface area contributed by atoms with Gasteiger partial charge in [0.05, 0.1) is 30.3 Å². The highest BCUT2D eigenvalue weighted by atomic mass is 16.2. The van der Waals surface area contributed by atoms with E-state index in [1.807, 2.05) is 6.07 Å². The third-order valence-corrected chi connectivity index (χ3v) is 4.07. The lowest BCUT2D eigenvalue weighted by molar-refractivity contribution is -0.126. The van der Waals surface area contributed by atoms with Gasteiger partial charge in [-0.05, 0) is 18.9 Å². The molecule has 138 valence electrons. The topological polar surface area (TPSA) is 124 Å². The zero-order valence-electron chi connectivity index (χ0n) is 15.1. The van der Waals surface area contributed by atoms with Crippen LogP contribution in [-0.2, 0) is 9.59 Å². The summed E-state index contributed by atoms with van der Waals surface area (Å²) in [5.74, 6) is 0.328. The number of rotatable bonds is 6. The Balaban J connectivity index is 1.75. The Labute approximate surface area is 156 Å². The first-order valence-electron chi connectivity index (χ1n) is 8.45. The SMILES string of the molecule is CN(C)C(=O)CNc1cc(-c2cnc(NC(=O)C3CC3)cn2)cnc1C#N. The summed E-state index contributed by atoms with van der Waals surface area (Å²) in [6.07, 6.45) is 6.36. The van der Waals surface area contributed by atoms with Gasteiger partial charge in [0.2, 0.25) is 11.8 Å². The van der Waals surface area contributed by atoms with E-state index < -0.39 is 0 Å². The van der Waals surface area contributed by atoms with Gasteiger partial charge in [-0.3, -0.25) is 14.6 Å². The number of pyridine rings is 1. The van der Waals surface area contributed by atoms with Gasteiger partial charge in [-0.15, -0.1) is 0 Å². The van der Waals surface area contributed by atoms with Crippen LogP contribution in [0, 0.1) is 17.2 Å². The quantitative estimate of drug-likeness (QED) is 0.789. The fraction of sp³-hybridized carbons (Fsp3) is 0.333. The highest BCUT2D eigenvalue weighted by Gasteiger charge is 2.29. The minimum absolute atomic E-state index is 0.0332. The average molecular weight is 365 g/mol. The molecular formula is C18H19N7O2. The van der Waals surface area contributed by atoms with Crippen LogP contribution >= 0.6 is 0 Å². The van der Waals surface area contributed by atoms with Crippen molar-refractivity contribution in [3.63, 3.8) is 0 Å². The van der Waals surface area contributed by atoms with Crippen LogP contribution in [-0.4, -0.2) is 52.3 Å². The van der Waals surface area contributed by atoms with E-state index in [1.165, 1.54) is 23.5 Å². The smallest absolute Gasteiger partial charge is 0.241 e. The fourth-order valence-corrected chi connectivity index (χ4v) is 2.27. The molecule has 2 aromatic rings. The third kappa shape index (κ3) is 4.55. The van der Waals surface area contributed by atoms with E-state index in [0.717, 1.165) is 12.8 Å². The normalized spacial score (nSPS) is 12.8. The van der Waals surface area contributed by atoms with E-state index in [1.54, 1.807) is 20.2 Å². The lowest BCUT2D eigenvalue weighted by Crippen LogP contribution is -2.28. The van der Waals surface area contributed by atoms with E-state index >= 15 is 0 Å². The molecule has 2 N–H and O–H groups in total. The molecule has 0 bridgehead atoms. The highest BCUT2D eigenvalue weighted by molar-refractivity contribution is 5.93. The van der Waals surface area contributed by atoms with Gasteiger partial charge >= 0.3 is 0 Å². The third-order valence-electron chi connectivity index (χ3n) is 4.07. The second-order valence-electron chi connectivity index (χ2n) is 6.42. The van der Waals surface area contributed by atoms with E-state index in [4.69, 9.17) is 0 Å². The molecule has 1 aliphatic rings. The number of hydrogen-bond acceptors (Lipinski definition) is 7. The van der Waals surface area contributed by atoms with E-state index in [0.29, 0.717) is 22.8 Å². The van der Waals surface area contributed by atoms with Gasteiger partial charge in [0.25, 0.3) is 0 Å². The number of amides is 2. The molecule has 9 nitrogen and oxygen atoms in total. The van der Waals surface area contributed by atoms with Crippen LogP contribution in [0.3, 0.4) is 0 Å². The number of anilines is 2. The molecule has 0 radical (unpaired) electrons. The number of hydrogen-bond donors (Lipinski definition) is 2. The molecule has 1 saturated carbocycles. The Morgan fingerprint density at radius 2 is 2.00 bits per heavy atom. The van der Waals surface area contributed by atoms with Gasteiger partial charge in [-0.25, -0.2) is 9.97 Å². The van der Waals surface area contributed by atoms with Crippen molar-refractivity contribution in [3.8, 4) is 17.3 Å². The molecule has 2 heterocycles. The number of carbonyl (C=O) groups excluding carboxylic acids is 2. The maximum Gasteiger partial charge on any atom is 0.241 e. The summed E-state index contributed by atoms with van der Waals surface area (Å²) in [6.45, 7) is 0.0463. The average Bonchev–Trinajstić information content (AvgIpc) is 3.51. The van der Waals surface area contributed by atoms with Crippen LogP contribution < -0.4 is 10.6 Å². The van der Waals surface area contributed by atoms with Crippen molar-refractivity contribution in [2.75, 3.05) is 31.3 Å². The van der Waals surface area contributed by atoms with Crippen molar-refractivity contribution in [2.24, 2.45) is 5.92 Å². The first kappa shape index (κ1) is 18.3. The van der Waals surface area contributed by atoms with Gasteiger partial charge in [0.1, 0.15) is 6.07 Å². The van der Waals surface area contributed by atoms with Gasteiger partial charge in [0.15, 0.2) is 11.5 Å². The minimum Gasteiger partial charge on any atom is -0.374 e. The number of nitrogens with one attached hydrogen (secondary N) is 2. The van der Waals surface area contributed by atoms with Crippen molar-refractivity contribution in [3.05, 3.63) is 30.4 Å². The lowest BCUT2D eigenvalue weighted by atomic mass is 10.1. The van der Waals surface area contributed by atoms with Gasteiger partial charge in [0, 0.05) is 31.8 Å². The summed E-state index contributed by atoms with van der Waals surface area (Å²) in [5, 5.41) is 14.9. The van der Waals surface area contributed by atoms with Crippen LogP contribution in [0.1, 0.15) is 18.5 Å². The number of carbonyl (C=O) groups is 2. The zero-order chi connectivity index (χ0) is 19.4. The Morgan fingerprint density at radius 1 is 1.22 bits per heavy atom. The molecule has 9 heteroatoms. The maximum atomic E-state index is 11.8. The predicted octanol–water partition coefficient (Wildman–Crippen LogP) is 1.26. The van der Waals surface area contributed by atoms with Crippen LogP contribution in [0.25, 0.3) is 11.3 Å². The molecule has 1 fully saturated rings. The fourth-order valence-electron chi connectivity index (χ4n) is 2.27. The van der Waals surface area contributed by atoms with E-state index in [2.05, 4.69) is 25.6 Å². The number of likely N-dealkylation sites (N-methyl/N-ethyl adjacent to an activating group) is 1. The molecule has 27 heavy (non-hydrogen) atoms. The number of nitriles is 1. The second-order valence-corrected chi connectivity index (χ2v) is 6.42. The Bertz CT molecular complexity index is 899. The van der Waals surface area contributed by atoms with Gasteiger partial charge in [-0.2, -0.15) is 5.26 Å². The van der Waals surface area contributed by atoms with Gasteiger partial charge in [-0.1, -0.05) is 0 Å². The van der Waals surface area contributed by atoms with E-state index in [9.17, 15) is 14.9 Å². The van der Waals surface area contributed by atoms with Crippen molar-refractivity contribution in [2.45, 2.75) is 12.8 Å². The first-order valence-corrected chi connectivity index (χ1v) is 8.45. The molecule has 0 aromatic carbocycles. The summed E-state index contributed by atoms with van der Waals surface area (Å²) < 4.78 is 0. The highest BCUT2D eigenvalue weighted by Crippen LogP contribution is 2.30. The number of aromatic nitrogens is 3. The zero-order valence-corrected chi connectivity index (χ0v) is 15.1. The summed E-state index contributed by atoms with van der Waals surface area (Å²) >= 11 is 0. The van der Waals surface area contributed by atoms with Crippen LogP contribution in [0.2, 0.25) is 0 Å². The van der Waals surface area contributed by atoms with Crippen molar-refractivity contribution in [1.82, 2.24) is 19.9 Å². The molecule has 1 aliphatic carbocycles. The molecule has 3 rings (SSSR count). The van der Waals surface area contributed by atoms with Crippen molar-refractivity contribution >= 4 is 23.3 Å². The molecule has 2 amide bonds. The number of nitrogens with zero attached hydrogens (tertiary/aromatic N) is 5. The van der Waals surface area contributed by atoms with Crippen LogP contribution in [0.5, 0.6) is 0 Å². The largest absolute Gasteiger partial charge is 0.374 e. The van der Waals surface area contributed by atoms with Crippen molar-refractivity contribution in [1.29, 1.82) is 5.26 Å². The molecule has 0 atom stereocenters. The van der Waals surface area contributed by atoms with E-state index in [-0.39, 0.29) is 30.0 Å². The summed E-state index contributed by atoms with van der Waals surface area (Å²) in [7, 11) is 3.31.